The second-order valence-corrected chi connectivity index (χ2v) is 5.85. The predicted octanol–water partition coefficient (Wildman–Crippen LogP) is 2.37. The monoisotopic (exact) mass is 280 g/mol. The fraction of sp³-hybridized carbons (Fsp3) is 0.692. The average molecular weight is 280 g/mol. The van der Waals surface area contributed by atoms with Crippen molar-refractivity contribution in [1.82, 2.24) is 19.2 Å². The second-order valence-electron chi connectivity index (χ2n) is 5.42. The number of rotatable bonds is 1. The number of thiol groups is 1. The zero-order valence-electron chi connectivity index (χ0n) is 11.0. The lowest BCUT2D eigenvalue weighted by atomic mass is 9.95. The summed E-state index contributed by atoms with van der Waals surface area (Å²) in [6, 6.07) is 0.336. The van der Waals surface area contributed by atoms with E-state index in [9.17, 15) is 4.79 Å². The first-order valence-corrected chi connectivity index (χ1v) is 7.44. The van der Waals surface area contributed by atoms with E-state index in [4.69, 9.17) is 0 Å². The molecule has 3 rings (SSSR count). The number of fused-ring (bicyclic) bond motifs is 1. The number of carbonyl (C=O) groups is 1. The summed E-state index contributed by atoms with van der Waals surface area (Å²) in [6.07, 6.45) is 8.40. The van der Waals surface area contributed by atoms with Crippen LogP contribution in [0.15, 0.2) is 6.33 Å². The quantitative estimate of drug-likeness (QED) is 0.776. The van der Waals surface area contributed by atoms with E-state index >= 15 is 0 Å². The van der Waals surface area contributed by atoms with Gasteiger partial charge in [0.15, 0.2) is 0 Å². The third-order valence-electron chi connectivity index (χ3n) is 4.16. The van der Waals surface area contributed by atoms with Crippen molar-refractivity contribution >= 4 is 18.8 Å². The molecule has 0 atom stereocenters. The minimum Gasteiger partial charge on any atom is -0.347 e. The molecule has 0 spiro atoms. The molecule has 6 heteroatoms. The number of H-pyrrole nitrogens is 1. The minimum atomic E-state index is 0.0375. The Morgan fingerprint density at radius 1 is 1.42 bits per heavy atom. The normalized spacial score (nSPS) is 20.2. The van der Waals surface area contributed by atoms with Crippen LogP contribution in [0.2, 0.25) is 0 Å². The molecule has 19 heavy (non-hydrogen) atoms. The highest BCUT2D eigenvalue weighted by Crippen LogP contribution is 2.26. The number of hydrogen-bond donors (Lipinski definition) is 2. The molecule has 1 aliphatic carbocycles. The maximum absolute atomic E-state index is 12.5. The van der Waals surface area contributed by atoms with Gasteiger partial charge in [-0.1, -0.05) is 32.1 Å². The Balaban J connectivity index is 1.64. The Kier molecular flexibility index (Phi) is 3.68. The van der Waals surface area contributed by atoms with Crippen LogP contribution >= 0.6 is 12.8 Å². The lowest BCUT2D eigenvalue weighted by Crippen LogP contribution is -2.45. The molecule has 0 bridgehead atoms. The van der Waals surface area contributed by atoms with Crippen LogP contribution in [0.3, 0.4) is 0 Å². The number of carbonyl (C=O) groups excluding carboxylic acids is 1. The molecule has 1 aromatic heterocycles. The van der Waals surface area contributed by atoms with Gasteiger partial charge in [-0.15, -0.1) is 0 Å². The third-order valence-corrected chi connectivity index (χ3v) is 4.66. The molecular formula is C13H20N4OS. The molecular weight excluding hydrogens is 260 g/mol. The highest BCUT2D eigenvalue weighted by atomic mass is 32.1. The summed E-state index contributed by atoms with van der Waals surface area (Å²) in [5.41, 5.74) is 2.15. The van der Waals surface area contributed by atoms with E-state index in [2.05, 4.69) is 22.8 Å². The van der Waals surface area contributed by atoms with Crippen LogP contribution < -0.4 is 0 Å². The van der Waals surface area contributed by atoms with Crippen LogP contribution in [0.25, 0.3) is 0 Å². The van der Waals surface area contributed by atoms with E-state index in [0.717, 1.165) is 37.2 Å². The van der Waals surface area contributed by atoms with Gasteiger partial charge in [-0.3, -0.25) is 4.31 Å². The van der Waals surface area contributed by atoms with Crippen LogP contribution in [0, 0.1) is 0 Å². The van der Waals surface area contributed by atoms with Crippen molar-refractivity contribution in [2.24, 2.45) is 0 Å². The summed E-state index contributed by atoms with van der Waals surface area (Å²) >= 11 is 4.45. The first-order chi connectivity index (χ1) is 9.25. The standard InChI is InChI=1S/C13H20N4OS/c18-13(17(19)10-4-2-1-3-5-10)16-7-6-11-12(8-16)15-9-14-11/h9-10,19H,1-8H2,(H,14,15). The molecule has 2 heterocycles. The van der Waals surface area contributed by atoms with Gasteiger partial charge in [0.05, 0.1) is 24.3 Å². The molecule has 0 aromatic carbocycles. The van der Waals surface area contributed by atoms with Crippen molar-refractivity contribution in [3.8, 4) is 0 Å². The third kappa shape index (κ3) is 2.59. The summed E-state index contributed by atoms with van der Waals surface area (Å²) in [6.45, 7) is 1.36. The molecule has 0 radical (unpaired) electrons. The Bertz CT molecular complexity index is 455. The molecule has 0 saturated heterocycles. The van der Waals surface area contributed by atoms with E-state index in [1.165, 1.54) is 19.3 Å². The zero-order valence-corrected chi connectivity index (χ0v) is 11.9. The van der Waals surface area contributed by atoms with E-state index in [1.807, 2.05) is 4.90 Å². The molecule has 1 N–H and O–H groups in total. The van der Waals surface area contributed by atoms with Gasteiger partial charge >= 0.3 is 6.03 Å². The molecule has 0 unspecified atom stereocenters. The molecule has 104 valence electrons. The molecule has 2 amide bonds. The van der Waals surface area contributed by atoms with Crippen molar-refractivity contribution in [3.05, 3.63) is 17.7 Å². The summed E-state index contributed by atoms with van der Waals surface area (Å²) in [7, 11) is 0. The number of aromatic amines is 1. The molecule has 1 fully saturated rings. The number of nitrogens with one attached hydrogen (secondary N) is 1. The fourth-order valence-corrected chi connectivity index (χ4v) is 3.36. The fourth-order valence-electron chi connectivity index (χ4n) is 3.00. The van der Waals surface area contributed by atoms with Gasteiger partial charge in [0.1, 0.15) is 0 Å². The maximum atomic E-state index is 12.5. The van der Waals surface area contributed by atoms with Crippen molar-refractivity contribution < 1.29 is 4.79 Å². The Morgan fingerprint density at radius 2 is 2.21 bits per heavy atom. The maximum Gasteiger partial charge on any atom is 0.330 e. The number of urea groups is 1. The zero-order chi connectivity index (χ0) is 13.2. The van der Waals surface area contributed by atoms with Crippen LogP contribution in [0.5, 0.6) is 0 Å². The smallest absolute Gasteiger partial charge is 0.330 e. The number of imidazole rings is 1. The van der Waals surface area contributed by atoms with E-state index in [-0.39, 0.29) is 6.03 Å². The Labute approximate surface area is 118 Å². The van der Waals surface area contributed by atoms with E-state index in [1.54, 1.807) is 10.6 Å². The summed E-state index contributed by atoms with van der Waals surface area (Å²) in [5.74, 6) is 0. The van der Waals surface area contributed by atoms with Crippen molar-refractivity contribution in [2.45, 2.75) is 51.1 Å². The minimum absolute atomic E-state index is 0.0375. The molecule has 1 saturated carbocycles. The van der Waals surface area contributed by atoms with Gasteiger partial charge in [-0.25, -0.2) is 9.78 Å². The topological polar surface area (TPSA) is 52.2 Å². The summed E-state index contributed by atoms with van der Waals surface area (Å²) < 4.78 is 1.65. The Morgan fingerprint density at radius 3 is 3.00 bits per heavy atom. The van der Waals surface area contributed by atoms with E-state index < -0.39 is 0 Å². The molecule has 1 aromatic rings. The van der Waals surface area contributed by atoms with Crippen molar-refractivity contribution in [3.63, 3.8) is 0 Å². The average Bonchev–Trinajstić information content (AvgIpc) is 2.94. The molecule has 1 aliphatic heterocycles. The first kappa shape index (κ1) is 12.8. The second kappa shape index (κ2) is 5.45. The number of nitrogens with zero attached hydrogens (tertiary/aromatic N) is 3. The molecule has 2 aliphatic rings. The van der Waals surface area contributed by atoms with Gasteiger partial charge in [-0.2, -0.15) is 0 Å². The number of hydrogen-bond acceptors (Lipinski definition) is 3. The van der Waals surface area contributed by atoms with Gasteiger partial charge in [-0.05, 0) is 12.8 Å². The van der Waals surface area contributed by atoms with Crippen LogP contribution in [-0.2, 0) is 13.0 Å². The predicted molar refractivity (Wildman–Crippen MR) is 75.8 cm³/mol. The van der Waals surface area contributed by atoms with Crippen LogP contribution in [0.4, 0.5) is 4.79 Å². The van der Waals surface area contributed by atoms with Gasteiger partial charge in [0, 0.05) is 19.0 Å². The SMILES string of the molecule is O=C(N1CCc2nc[nH]c2C1)N(S)C1CCCCC1. The summed E-state index contributed by atoms with van der Waals surface area (Å²) in [4.78, 5) is 21.7. The lowest BCUT2D eigenvalue weighted by molar-refractivity contribution is 0.157. The first-order valence-electron chi connectivity index (χ1n) is 7.04. The van der Waals surface area contributed by atoms with Crippen LogP contribution in [-0.4, -0.2) is 37.8 Å². The highest BCUT2D eigenvalue weighted by Gasteiger charge is 2.29. The Hall–Kier alpha value is -1.17. The van der Waals surface area contributed by atoms with E-state index in [0.29, 0.717) is 12.6 Å². The lowest BCUT2D eigenvalue weighted by Gasteiger charge is -2.35. The van der Waals surface area contributed by atoms with Gasteiger partial charge < -0.3 is 9.88 Å². The highest BCUT2D eigenvalue weighted by molar-refractivity contribution is 7.78. The molecule has 5 nitrogen and oxygen atoms in total. The number of amides is 2. The largest absolute Gasteiger partial charge is 0.347 e. The summed E-state index contributed by atoms with van der Waals surface area (Å²) in [5, 5.41) is 0. The van der Waals surface area contributed by atoms with Crippen molar-refractivity contribution in [2.75, 3.05) is 6.54 Å². The van der Waals surface area contributed by atoms with Crippen molar-refractivity contribution in [1.29, 1.82) is 0 Å². The van der Waals surface area contributed by atoms with Gasteiger partial charge in [0.2, 0.25) is 0 Å². The van der Waals surface area contributed by atoms with Gasteiger partial charge in [0.25, 0.3) is 0 Å². The van der Waals surface area contributed by atoms with Crippen LogP contribution in [0.1, 0.15) is 43.5 Å². The number of aromatic nitrogens is 2.